The summed E-state index contributed by atoms with van der Waals surface area (Å²) in [6, 6.07) is 21.8. The van der Waals surface area contributed by atoms with Crippen LogP contribution in [0.5, 0.6) is 0 Å². The lowest BCUT2D eigenvalue weighted by Gasteiger charge is -2.31. The van der Waals surface area contributed by atoms with E-state index in [1.54, 1.807) is 40.9 Å². The van der Waals surface area contributed by atoms with Crippen LogP contribution in [-0.4, -0.2) is 11.9 Å². The third-order valence-electron chi connectivity index (χ3n) is 4.07. The van der Waals surface area contributed by atoms with E-state index in [-0.39, 0.29) is 11.6 Å². The number of hydrogen-bond acceptors (Lipinski definition) is 3. The lowest BCUT2D eigenvalue weighted by atomic mass is 10.1. The molecule has 0 radical (unpaired) electrons. The predicted octanol–water partition coefficient (Wildman–Crippen LogP) is 4.62. The van der Waals surface area contributed by atoms with Gasteiger partial charge in [0.05, 0.1) is 22.6 Å². The molecule has 1 heterocycles. The van der Waals surface area contributed by atoms with E-state index in [1.165, 1.54) is 0 Å². The van der Waals surface area contributed by atoms with Crippen LogP contribution in [0.2, 0.25) is 0 Å². The second kappa shape index (κ2) is 6.57. The van der Waals surface area contributed by atoms with Gasteiger partial charge in [-0.05, 0) is 36.4 Å². The maximum absolute atomic E-state index is 13.1. The Labute approximate surface area is 154 Å². The van der Waals surface area contributed by atoms with E-state index in [1.807, 2.05) is 48.5 Å². The standard InChI is InChI=1S/C20H15N3O2S/c21-19(24)13-7-1-2-8-14(13)22-20(25)23-15-9-3-5-11-17(15)26-18-12-6-4-10-16(18)23/h1-12H,(H2,21,24)(H,22,25). The number of rotatable bonds is 2. The van der Waals surface area contributed by atoms with Gasteiger partial charge in [0, 0.05) is 9.79 Å². The molecule has 3 amide bonds. The summed E-state index contributed by atoms with van der Waals surface area (Å²) in [6.07, 6.45) is 0. The van der Waals surface area contributed by atoms with Crippen molar-refractivity contribution in [3.63, 3.8) is 0 Å². The number of urea groups is 1. The first kappa shape index (κ1) is 16.2. The highest BCUT2D eigenvalue weighted by Gasteiger charge is 2.28. The largest absolute Gasteiger partial charge is 0.366 e. The number of primary amides is 1. The molecule has 0 aromatic heterocycles. The molecule has 0 saturated heterocycles. The Balaban J connectivity index is 1.76. The van der Waals surface area contributed by atoms with Gasteiger partial charge in [-0.25, -0.2) is 4.79 Å². The number of anilines is 3. The maximum atomic E-state index is 13.1. The molecule has 128 valence electrons. The number of fused-ring (bicyclic) bond motifs is 2. The van der Waals surface area contributed by atoms with Crippen molar-refractivity contribution in [3.8, 4) is 0 Å². The third-order valence-corrected chi connectivity index (χ3v) is 5.20. The van der Waals surface area contributed by atoms with Gasteiger partial charge in [-0.3, -0.25) is 9.69 Å². The Kier molecular flexibility index (Phi) is 4.10. The molecule has 26 heavy (non-hydrogen) atoms. The Hall–Kier alpha value is -3.25. The van der Waals surface area contributed by atoms with Crippen LogP contribution in [0, 0.1) is 0 Å². The molecule has 0 fully saturated rings. The summed E-state index contributed by atoms with van der Waals surface area (Å²) in [5.74, 6) is -0.587. The number of benzene rings is 3. The first-order chi connectivity index (χ1) is 12.6. The first-order valence-corrected chi connectivity index (χ1v) is 8.82. The van der Waals surface area contributed by atoms with Crippen LogP contribution in [-0.2, 0) is 0 Å². The van der Waals surface area contributed by atoms with Crippen molar-refractivity contribution in [2.45, 2.75) is 9.79 Å². The fourth-order valence-electron chi connectivity index (χ4n) is 2.90. The highest BCUT2D eigenvalue weighted by Crippen LogP contribution is 2.48. The second-order valence-corrected chi connectivity index (χ2v) is 6.80. The summed E-state index contributed by atoms with van der Waals surface area (Å²) in [6.45, 7) is 0. The lowest BCUT2D eigenvalue weighted by molar-refractivity contribution is 0.100. The zero-order valence-corrected chi connectivity index (χ0v) is 14.5. The monoisotopic (exact) mass is 361 g/mol. The summed E-state index contributed by atoms with van der Waals surface area (Å²) in [5, 5.41) is 2.82. The fraction of sp³-hybridized carbons (Fsp3) is 0. The van der Waals surface area contributed by atoms with Crippen molar-refractivity contribution in [2.24, 2.45) is 5.73 Å². The minimum atomic E-state index is -0.587. The summed E-state index contributed by atoms with van der Waals surface area (Å²) >= 11 is 1.62. The molecule has 4 rings (SSSR count). The van der Waals surface area contributed by atoms with Crippen molar-refractivity contribution < 1.29 is 9.59 Å². The Bertz CT molecular complexity index is 974. The van der Waals surface area contributed by atoms with Crippen LogP contribution in [0.15, 0.2) is 82.6 Å². The van der Waals surface area contributed by atoms with Gasteiger partial charge in [-0.15, -0.1) is 0 Å². The molecule has 0 bridgehead atoms. The van der Waals surface area contributed by atoms with E-state index in [0.29, 0.717) is 5.69 Å². The molecule has 5 nitrogen and oxygen atoms in total. The first-order valence-electron chi connectivity index (χ1n) is 8.01. The van der Waals surface area contributed by atoms with Gasteiger partial charge in [0.25, 0.3) is 5.91 Å². The number of para-hydroxylation sites is 3. The van der Waals surface area contributed by atoms with Gasteiger partial charge >= 0.3 is 6.03 Å². The topological polar surface area (TPSA) is 75.4 Å². The van der Waals surface area contributed by atoms with Crippen molar-refractivity contribution >= 4 is 40.8 Å². The quantitative estimate of drug-likeness (QED) is 0.699. The molecule has 3 N–H and O–H groups in total. The van der Waals surface area contributed by atoms with Crippen LogP contribution < -0.4 is 16.0 Å². The number of carbonyl (C=O) groups excluding carboxylic acids is 2. The van der Waals surface area contributed by atoms with E-state index in [2.05, 4.69) is 5.32 Å². The van der Waals surface area contributed by atoms with Crippen LogP contribution in [0.4, 0.5) is 21.9 Å². The van der Waals surface area contributed by atoms with Crippen LogP contribution in [0.1, 0.15) is 10.4 Å². The smallest absolute Gasteiger partial charge is 0.331 e. The van der Waals surface area contributed by atoms with E-state index < -0.39 is 5.91 Å². The van der Waals surface area contributed by atoms with Gasteiger partial charge in [0.1, 0.15) is 0 Å². The molecule has 0 saturated carbocycles. The Morgan fingerprint density at radius 2 is 1.35 bits per heavy atom. The Morgan fingerprint density at radius 3 is 1.96 bits per heavy atom. The van der Waals surface area contributed by atoms with Gasteiger partial charge in [-0.2, -0.15) is 0 Å². The normalized spacial score (nSPS) is 12.1. The number of nitrogens with one attached hydrogen (secondary N) is 1. The third kappa shape index (κ3) is 2.80. The van der Waals surface area contributed by atoms with Crippen LogP contribution >= 0.6 is 11.8 Å². The average Bonchev–Trinajstić information content (AvgIpc) is 2.66. The SMILES string of the molecule is NC(=O)c1ccccc1NC(=O)N1c2ccccc2Sc2ccccc21. The second-order valence-electron chi connectivity index (χ2n) is 5.71. The van der Waals surface area contributed by atoms with Gasteiger partial charge in [0.2, 0.25) is 0 Å². The number of hydrogen-bond donors (Lipinski definition) is 2. The summed E-state index contributed by atoms with van der Waals surface area (Å²) < 4.78 is 0. The van der Waals surface area contributed by atoms with Crippen molar-refractivity contribution in [1.82, 2.24) is 0 Å². The predicted molar refractivity (Wildman–Crippen MR) is 103 cm³/mol. The molecule has 1 aliphatic heterocycles. The minimum Gasteiger partial charge on any atom is -0.366 e. The van der Waals surface area contributed by atoms with Gasteiger partial charge in [0.15, 0.2) is 0 Å². The highest BCUT2D eigenvalue weighted by atomic mass is 32.2. The molecule has 6 heteroatoms. The van der Waals surface area contributed by atoms with E-state index >= 15 is 0 Å². The molecule has 0 aliphatic carbocycles. The maximum Gasteiger partial charge on any atom is 0.331 e. The van der Waals surface area contributed by atoms with Gasteiger partial charge in [-0.1, -0.05) is 48.2 Å². The summed E-state index contributed by atoms with van der Waals surface area (Å²) in [5.41, 5.74) is 7.67. The molecular formula is C20H15N3O2S. The van der Waals surface area contributed by atoms with Crippen molar-refractivity contribution in [2.75, 3.05) is 10.2 Å². The zero-order valence-electron chi connectivity index (χ0n) is 13.7. The number of carbonyl (C=O) groups is 2. The minimum absolute atomic E-state index is 0.272. The molecular weight excluding hydrogens is 346 g/mol. The molecule has 0 unspecified atom stereocenters. The molecule has 1 aliphatic rings. The molecule has 3 aromatic carbocycles. The summed E-state index contributed by atoms with van der Waals surface area (Å²) in [7, 11) is 0. The van der Waals surface area contributed by atoms with E-state index in [0.717, 1.165) is 21.2 Å². The van der Waals surface area contributed by atoms with Crippen LogP contribution in [0.25, 0.3) is 0 Å². The highest BCUT2D eigenvalue weighted by molar-refractivity contribution is 7.99. The van der Waals surface area contributed by atoms with Crippen LogP contribution in [0.3, 0.4) is 0 Å². The molecule has 0 atom stereocenters. The number of amides is 3. The lowest BCUT2D eigenvalue weighted by Crippen LogP contribution is -2.33. The number of nitrogens with zero attached hydrogens (tertiary/aromatic N) is 1. The van der Waals surface area contributed by atoms with Crippen molar-refractivity contribution in [1.29, 1.82) is 0 Å². The Morgan fingerprint density at radius 1 is 0.808 bits per heavy atom. The molecule has 3 aromatic rings. The van der Waals surface area contributed by atoms with E-state index in [4.69, 9.17) is 5.73 Å². The average molecular weight is 361 g/mol. The number of nitrogens with two attached hydrogens (primary N) is 1. The van der Waals surface area contributed by atoms with E-state index in [9.17, 15) is 9.59 Å². The van der Waals surface area contributed by atoms with Gasteiger partial charge < -0.3 is 11.1 Å². The molecule has 0 spiro atoms. The fourth-order valence-corrected chi connectivity index (χ4v) is 3.96. The van der Waals surface area contributed by atoms with Crippen molar-refractivity contribution in [3.05, 3.63) is 78.4 Å². The zero-order chi connectivity index (χ0) is 18.1. The summed E-state index contributed by atoms with van der Waals surface area (Å²) in [4.78, 5) is 28.4.